The molecule has 1 unspecified atom stereocenters. The molecule has 80 valence electrons. The maximum absolute atomic E-state index is 11.9. The lowest BCUT2D eigenvalue weighted by Gasteiger charge is -2.56. The van der Waals surface area contributed by atoms with Crippen LogP contribution in [0.3, 0.4) is 0 Å². The first-order valence-electron chi connectivity index (χ1n) is 5.51. The summed E-state index contributed by atoms with van der Waals surface area (Å²) >= 11 is 0. The average molecular weight is 196 g/mol. The van der Waals surface area contributed by atoms with E-state index >= 15 is 0 Å². The molecule has 3 rings (SSSR count). The van der Waals surface area contributed by atoms with Crippen molar-refractivity contribution in [3.8, 4) is 0 Å². The van der Waals surface area contributed by atoms with Crippen LogP contribution in [0.15, 0.2) is 0 Å². The minimum Gasteiger partial charge on any atom is -0.378 e. The highest BCUT2D eigenvalue weighted by molar-refractivity contribution is 5.87. The van der Waals surface area contributed by atoms with Crippen molar-refractivity contribution < 1.29 is 9.53 Å². The fourth-order valence-electron chi connectivity index (χ4n) is 3.35. The van der Waals surface area contributed by atoms with E-state index < -0.39 is 0 Å². The van der Waals surface area contributed by atoms with Crippen molar-refractivity contribution in [3.05, 3.63) is 0 Å². The van der Waals surface area contributed by atoms with Crippen LogP contribution in [0.25, 0.3) is 0 Å². The molecule has 2 heteroatoms. The lowest BCUT2D eigenvalue weighted by atomic mass is 9.51. The summed E-state index contributed by atoms with van der Waals surface area (Å²) in [5.74, 6) is 1.42. The van der Waals surface area contributed by atoms with Crippen molar-refractivity contribution in [3.63, 3.8) is 0 Å². The summed E-state index contributed by atoms with van der Waals surface area (Å²) in [6.45, 7) is 6.49. The zero-order chi connectivity index (χ0) is 10.6. The molecule has 3 aliphatic rings. The summed E-state index contributed by atoms with van der Waals surface area (Å²) in [7, 11) is 1.78. The molecule has 0 heterocycles. The van der Waals surface area contributed by atoms with Gasteiger partial charge in [-0.05, 0) is 31.6 Å². The van der Waals surface area contributed by atoms with Gasteiger partial charge in [0.05, 0.1) is 5.60 Å². The van der Waals surface area contributed by atoms with Crippen LogP contribution < -0.4 is 0 Å². The second-order valence-corrected chi connectivity index (χ2v) is 5.57. The van der Waals surface area contributed by atoms with Gasteiger partial charge in [-0.25, -0.2) is 0 Å². The first-order chi connectivity index (χ1) is 6.42. The molecule has 0 aliphatic heterocycles. The van der Waals surface area contributed by atoms with E-state index in [-0.39, 0.29) is 11.0 Å². The number of fused-ring (bicyclic) bond motifs is 3. The van der Waals surface area contributed by atoms with Crippen LogP contribution in [0.4, 0.5) is 0 Å². The second-order valence-electron chi connectivity index (χ2n) is 5.57. The SMILES string of the molecule is CO[C@@]1(C)C[C@]2(C)C(=O)C[C@@H]1CC2C. The highest BCUT2D eigenvalue weighted by Crippen LogP contribution is 2.56. The molecule has 0 spiro atoms. The van der Waals surface area contributed by atoms with Crippen molar-refractivity contribution in [2.75, 3.05) is 7.11 Å². The van der Waals surface area contributed by atoms with Gasteiger partial charge in [-0.2, -0.15) is 0 Å². The van der Waals surface area contributed by atoms with Crippen LogP contribution >= 0.6 is 0 Å². The van der Waals surface area contributed by atoms with E-state index in [9.17, 15) is 4.79 Å². The van der Waals surface area contributed by atoms with Crippen molar-refractivity contribution in [2.24, 2.45) is 17.3 Å². The lowest BCUT2D eigenvalue weighted by molar-refractivity contribution is -0.176. The Morgan fingerprint density at radius 2 is 2.07 bits per heavy atom. The summed E-state index contributed by atoms with van der Waals surface area (Å²) in [5, 5.41) is 0. The Bertz CT molecular complexity index is 273. The standard InChI is InChI=1S/C12H20O2/c1-8-5-9-6-10(13)11(8,2)7-12(9,3)14-4/h8-9H,5-7H2,1-4H3/t8?,9-,11-,12-/m0/s1. The fourth-order valence-corrected chi connectivity index (χ4v) is 3.35. The topological polar surface area (TPSA) is 26.3 Å². The summed E-state index contributed by atoms with van der Waals surface area (Å²) in [6, 6.07) is 0. The van der Waals surface area contributed by atoms with Crippen molar-refractivity contribution in [2.45, 2.75) is 45.6 Å². The van der Waals surface area contributed by atoms with Crippen molar-refractivity contribution in [1.29, 1.82) is 0 Å². The number of carbonyl (C=O) groups is 1. The number of hydrogen-bond acceptors (Lipinski definition) is 2. The second kappa shape index (κ2) is 2.82. The Labute approximate surface area is 86.0 Å². The third kappa shape index (κ3) is 1.10. The van der Waals surface area contributed by atoms with E-state index in [1.807, 2.05) is 0 Å². The van der Waals surface area contributed by atoms with Gasteiger partial charge in [0.2, 0.25) is 0 Å². The van der Waals surface area contributed by atoms with Crippen molar-refractivity contribution >= 4 is 5.78 Å². The molecular formula is C12H20O2. The summed E-state index contributed by atoms with van der Waals surface area (Å²) in [4.78, 5) is 11.9. The molecule has 0 radical (unpaired) electrons. The van der Waals surface area contributed by atoms with Gasteiger partial charge >= 0.3 is 0 Å². The minimum absolute atomic E-state index is 0.0603. The summed E-state index contributed by atoms with van der Waals surface area (Å²) in [6.07, 6.45) is 2.78. The number of ketones is 1. The molecule has 14 heavy (non-hydrogen) atoms. The minimum atomic E-state index is -0.125. The van der Waals surface area contributed by atoms with Crippen LogP contribution in [-0.2, 0) is 9.53 Å². The van der Waals surface area contributed by atoms with Crippen LogP contribution in [0.5, 0.6) is 0 Å². The predicted molar refractivity (Wildman–Crippen MR) is 55.0 cm³/mol. The zero-order valence-electron chi connectivity index (χ0n) is 9.59. The Hall–Kier alpha value is -0.370. The van der Waals surface area contributed by atoms with Gasteiger partial charge < -0.3 is 4.74 Å². The molecule has 0 aromatic carbocycles. The van der Waals surface area contributed by atoms with Crippen LogP contribution in [0.1, 0.15) is 40.0 Å². The molecule has 2 nitrogen and oxygen atoms in total. The fraction of sp³-hybridized carbons (Fsp3) is 0.917. The van der Waals surface area contributed by atoms with E-state index in [0.29, 0.717) is 17.6 Å². The van der Waals surface area contributed by atoms with Crippen molar-refractivity contribution in [1.82, 2.24) is 0 Å². The van der Waals surface area contributed by atoms with E-state index in [1.165, 1.54) is 0 Å². The number of Topliss-reactive ketones (excluding diaryl/α,β-unsaturated/α-hetero) is 1. The zero-order valence-corrected chi connectivity index (χ0v) is 9.59. The summed E-state index contributed by atoms with van der Waals surface area (Å²) in [5.41, 5.74) is -0.186. The van der Waals surface area contributed by atoms with E-state index in [1.54, 1.807) is 7.11 Å². The average Bonchev–Trinajstić information content (AvgIpc) is 2.12. The molecule has 3 fully saturated rings. The molecule has 4 atom stereocenters. The Morgan fingerprint density at radius 1 is 1.43 bits per heavy atom. The highest BCUT2D eigenvalue weighted by atomic mass is 16.5. The van der Waals surface area contributed by atoms with Crippen LogP contribution in [0.2, 0.25) is 0 Å². The van der Waals surface area contributed by atoms with E-state index in [2.05, 4.69) is 20.8 Å². The van der Waals surface area contributed by atoms with Gasteiger partial charge in [0.15, 0.2) is 0 Å². The molecule has 3 aliphatic carbocycles. The van der Waals surface area contributed by atoms with Gasteiger partial charge in [-0.3, -0.25) is 4.79 Å². The van der Waals surface area contributed by atoms with E-state index in [0.717, 1.165) is 19.3 Å². The Morgan fingerprint density at radius 3 is 2.57 bits per heavy atom. The predicted octanol–water partition coefficient (Wildman–Crippen LogP) is 2.42. The highest BCUT2D eigenvalue weighted by Gasteiger charge is 2.57. The van der Waals surface area contributed by atoms with Gasteiger partial charge in [-0.1, -0.05) is 13.8 Å². The largest absolute Gasteiger partial charge is 0.378 e. The normalized spacial score (nSPS) is 52.4. The molecule has 0 aromatic heterocycles. The third-order valence-electron chi connectivity index (χ3n) is 4.84. The monoisotopic (exact) mass is 196 g/mol. The van der Waals surface area contributed by atoms with Gasteiger partial charge in [0.25, 0.3) is 0 Å². The number of methoxy groups -OCH3 is 1. The molecule has 0 amide bonds. The third-order valence-corrected chi connectivity index (χ3v) is 4.84. The maximum Gasteiger partial charge on any atom is 0.139 e. The lowest BCUT2D eigenvalue weighted by Crippen LogP contribution is -2.58. The number of carbonyl (C=O) groups excluding carboxylic acids is 1. The van der Waals surface area contributed by atoms with Crippen LogP contribution in [-0.4, -0.2) is 18.5 Å². The number of hydrogen-bond donors (Lipinski definition) is 0. The molecule has 0 aromatic rings. The first kappa shape index (κ1) is 10.2. The van der Waals surface area contributed by atoms with Gasteiger partial charge in [-0.15, -0.1) is 0 Å². The summed E-state index contributed by atoms with van der Waals surface area (Å²) < 4.78 is 5.62. The molecule has 0 saturated heterocycles. The van der Waals surface area contributed by atoms with Crippen LogP contribution in [0, 0.1) is 17.3 Å². The Kier molecular flexibility index (Phi) is 2.04. The smallest absolute Gasteiger partial charge is 0.139 e. The molecular weight excluding hydrogens is 176 g/mol. The maximum atomic E-state index is 11.9. The molecule has 3 saturated carbocycles. The molecule has 2 bridgehead atoms. The number of rotatable bonds is 1. The number of ether oxygens (including phenoxy) is 1. The Balaban J connectivity index is 2.35. The van der Waals surface area contributed by atoms with Gasteiger partial charge in [0.1, 0.15) is 5.78 Å². The quantitative estimate of drug-likeness (QED) is 0.643. The first-order valence-corrected chi connectivity index (χ1v) is 5.51. The molecule has 0 N–H and O–H groups in total. The van der Waals surface area contributed by atoms with E-state index in [4.69, 9.17) is 4.74 Å². The van der Waals surface area contributed by atoms with Gasteiger partial charge in [0, 0.05) is 18.9 Å².